The predicted octanol–water partition coefficient (Wildman–Crippen LogP) is 2.80. The lowest BCUT2D eigenvalue weighted by atomic mass is 10.2. The van der Waals surface area contributed by atoms with E-state index in [0.29, 0.717) is 25.4 Å². The third-order valence-corrected chi connectivity index (χ3v) is 6.22. The number of hydrogen-bond acceptors (Lipinski definition) is 4. The van der Waals surface area contributed by atoms with Gasteiger partial charge in [0.1, 0.15) is 5.75 Å². The topological polar surface area (TPSA) is 75.7 Å². The number of rotatable bonds is 9. The first-order valence-electron chi connectivity index (χ1n) is 8.97. The Bertz CT molecular complexity index is 832. The lowest BCUT2D eigenvalue weighted by molar-refractivity contribution is -0.127. The van der Waals surface area contributed by atoms with E-state index in [1.54, 1.807) is 43.3 Å². The number of sulfonamides is 1. The maximum atomic E-state index is 12.5. The van der Waals surface area contributed by atoms with Gasteiger partial charge in [0.05, 0.1) is 4.90 Å². The van der Waals surface area contributed by atoms with Crippen molar-refractivity contribution in [2.45, 2.75) is 38.3 Å². The Balaban J connectivity index is 1.94. The fourth-order valence-electron chi connectivity index (χ4n) is 2.58. The monoisotopic (exact) mass is 390 g/mol. The molecule has 0 spiro atoms. The number of nitrogens with zero attached hydrogens (tertiary/aromatic N) is 1. The molecule has 0 fully saturated rings. The molecule has 0 saturated heterocycles. The van der Waals surface area contributed by atoms with Crippen LogP contribution in [-0.4, -0.2) is 37.8 Å². The van der Waals surface area contributed by atoms with Crippen LogP contribution in [0.3, 0.4) is 0 Å². The minimum absolute atomic E-state index is 0.237. The second-order valence-electron chi connectivity index (χ2n) is 6.02. The number of carbonyl (C=O) groups excluding carboxylic acids is 1. The molecule has 6 nitrogen and oxygen atoms in total. The highest BCUT2D eigenvalue weighted by Gasteiger charge is 2.21. The summed E-state index contributed by atoms with van der Waals surface area (Å²) < 4.78 is 31.9. The number of hydrogen-bond donors (Lipinski definition) is 1. The van der Waals surface area contributed by atoms with E-state index < -0.39 is 16.1 Å². The molecule has 146 valence electrons. The maximum Gasteiger partial charge on any atom is 0.261 e. The normalized spacial score (nSPS) is 12.6. The third-order valence-electron chi connectivity index (χ3n) is 4.16. The predicted molar refractivity (Wildman–Crippen MR) is 105 cm³/mol. The van der Waals surface area contributed by atoms with Crippen LogP contribution in [0.2, 0.25) is 0 Å². The van der Waals surface area contributed by atoms with E-state index in [-0.39, 0.29) is 10.8 Å². The number of amides is 1. The van der Waals surface area contributed by atoms with Crippen molar-refractivity contribution in [3.05, 3.63) is 60.2 Å². The van der Waals surface area contributed by atoms with E-state index in [1.807, 2.05) is 32.0 Å². The summed E-state index contributed by atoms with van der Waals surface area (Å²) in [5.74, 6) is 0.393. The molecular formula is C20H26N2O4S. The van der Waals surface area contributed by atoms with E-state index >= 15 is 0 Å². The van der Waals surface area contributed by atoms with Gasteiger partial charge in [-0.15, -0.1) is 0 Å². The molecule has 0 aliphatic rings. The summed E-state index contributed by atoms with van der Waals surface area (Å²) in [6.07, 6.45) is -0.630. The van der Waals surface area contributed by atoms with Crippen molar-refractivity contribution < 1.29 is 17.9 Å². The molecule has 27 heavy (non-hydrogen) atoms. The smallest absolute Gasteiger partial charge is 0.261 e. The first-order chi connectivity index (χ1) is 12.9. The molecule has 0 saturated carbocycles. The molecule has 0 aliphatic carbocycles. The Labute approximate surface area is 161 Å². The Hall–Kier alpha value is -2.38. The van der Waals surface area contributed by atoms with Gasteiger partial charge in [0.25, 0.3) is 5.91 Å². The molecule has 0 aliphatic heterocycles. The molecule has 1 unspecified atom stereocenters. The number of carbonyl (C=O) groups is 1. The maximum absolute atomic E-state index is 12.5. The van der Waals surface area contributed by atoms with Crippen LogP contribution >= 0.6 is 0 Å². The van der Waals surface area contributed by atoms with Gasteiger partial charge in [-0.2, -0.15) is 4.31 Å². The van der Waals surface area contributed by atoms with Crippen molar-refractivity contribution in [2.24, 2.45) is 0 Å². The minimum Gasteiger partial charge on any atom is -0.481 e. The molecule has 7 heteroatoms. The summed E-state index contributed by atoms with van der Waals surface area (Å²) in [6.45, 7) is 6.45. The summed E-state index contributed by atoms with van der Waals surface area (Å²) >= 11 is 0. The second kappa shape index (κ2) is 9.53. The molecule has 0 aromatic heterocycles. The standard InChI is InChI=1S/C20H26N2O4S/c1-4-22(5-2)27(24,25)19-13-11-17(12-14-19)15-21-20(23)16(3)26-18-9-7-6-8-10-18/h6-14,16H,4-5,15H2,1-3H3,(H,21,23). The van der Waals surface area contributed by atoms with Gasteiger partial charge in [-0.3, -0.25) is 4.79 Å². The average molecular weight is 391 g/mol. The van der Waals surface area contributed by atoms with Crippen molar-refractivity contribution in [3.63, 3.8) is 0 Å². The highest BCUT2D eigenvalue weighted by Crippen LogP contribution is 2.16. The molecule has 0 heterocycles. The minimum atomic E-state index is -3.47. The lowest BCUT2D eigenvalue weighted by Gasteiger charge is -2.18. The fraction of sp³-hybridized carbons (Fsp3) is 0.350. The zero-order valence-corrected chi connectivity index (χ0v) is 16.7. The highest BCUT2D eigenvalue weighted by molar-refractivity contribution is 7.89. The van der Waals surface area contributed by atoms with Crippen LogP contribution in [0.5, 0.6) is 5.75 Å². The number of ether oxygens (including phenoxy) is 1. The largest absolute Gasteiger partial charge is 0.481 e. The van der Waals surface area contributed by atoms with Crippen LogP contribution in [0.25, 0.3) is 0 Å². The molecule has 2 aromatic rings. The van der Waals surface area contributed by atoms with Crippen LogP contribution in [0.1, 0.15) is 26.3 Å². The van der Waals surface area contributed by atoms with E-state index in [9.17, 15) is 13.2 Å². The third kappa shape index (κ3) is 5.55. The molecule has 0 radical (unpaired) electrons. The van der Waals surface area contributed by atoms with Crippen LogP contribution in [0.15, 0.2) is 59.5 Å². The Kier molecular flexibility index (Phi) is 7.38. The van der Waals surface area contributed by atoms with Crippen molar-refractivity contribution in [2.75, 3.05) is 13.1 Å². The van der Waals surface area contributed by atoms with Crippen molar-refractivity contribution in [3.8, 4) is 5.75 Å². The number of benzene rings is 2. The summed E-state index contributed by atoms with van der Waals surface area (Å²) in [6, 6.07) is 15.7. The van der Waals surface area contributed by atoms with E-state index in [0.717, 1.165) is 5.56 Å². The molecule has 2 rings (SSSR count). The summed E-state index contributed by atoms with van der Waals surface area (Å²) in [4.78, 5) is 12.4. The molecule has 1 N–H and O–H groups in total. The Morgan fingerprint density at radius 3 is 2.19 bits per heavy atom. The van der Waals surface area contributed by atoms with Gasteiger partial charge in [-0.1, -0.05) is 44.2 Å². The van der Waals surface area contributed by atoms with Crippen LogP contribution in [0, 0.1) is 0 Å². The van der Waals surface area contributed by atoms with Crippen molar-refractivity contribution in [1.82, 2.24) is 9.62 Å². The number of para-hydroxylation sites is 1. The Morgan fingerprint density at radius 1 is 1.04 bits per heavy atom. The lowest BCUT2D eigenvalue weighted by Crippen LogP contribution is -2.35. The van der Waals surface area contributed by atoms with Gasteiger partial charge in [-0.25, -0.2) is 8.42 Å². The van der Waals surface area contributed by atoms with E-state index in [1.165, 1.54) is 4.31 Å². The van der Waals surface area contributed by atoms with Gasteiger partial charge in [0.2, 0.25) is 10.0 Å². The van der Waals surface area contributed by atoms with Crippen LogP contribution in [-0.2, 0) is 21.4 Å². The second-order valence-corrected chi connectivity index (χ2v) is 7.96. The van der Waals surface area contributed by atoms with Crippen LogP contribution < -0.4 is 10.1 Å². The molecule has 1 amide bonds. The molecular weight excluding hydrogens is 364 g/mol. The van der Waals surface area contributed by atoms with Crippen molar-refractivity contribution >= 4 is 15.9 Å². The summed E-state index contributed by atoms with van der Waals surface area (Å²) in [5, 5.41) is 2.80. The quantitative estimate of drug-likeness (QED) is 0.714. The summed E-state index contributed by atoms with van der Waals surface area (Å²) in [5.41, 5.74) is 0.814. The zero-order valence-electron chi connectivity index (χ0n) is 15.9. The van der Waals surface area contributed by atoms with Crippen molar-refractivity contribution in [1.29, 1.82) is 0 Å². The molecule has 0 bridgehead atoms. The van der Waals surface area contributed by atoms with Gasteiger partial charge in [0, 0.05) is 19.6 Å². The van der Waals surface area contributed by atoms with Gasteiger partial charge in [0.15, 0.2) is 6.10 Å². The van der Waals surface area contributed by atoms with Gasteiger partial charge >= 0.3 is 0 Å². The Morgan fingerprint density at radius 2 is 1.63 bits per heavy atom. The first-order valence-corrected chi connectivity index (χ1v) is 10.4. The molecule has 1 atom stereocenters. The van der Waals surface area contributed by atoms with Crippen LogP contribution in [0.4, 0.5) is 0 Å². The highest BCUT2D eigenvalue weighted by atomic mass is 32.2. The van der Waals surface area contributed by atoms with E-state index in [4.69, 9.17) is 4.74 Å². The first kappa shape index (κ1) is 20.9. The summed E-state index contributed by atoms with van der Waals surface area (Å²) in [7, 11) is -3.47. The SMILES string of the molecule is CCN(CC)S(=O)(=O)c1ccc(CNC(=O)C(C)Oc2ccccc2)cc1. The number of nitrogens with one attached hydrogen (secondary N) is 1. The average Bonchev–Trinajstić information content (AvgIpc) is 2.68. The fourth-order valence-corrected chi connectivity index (χ4v) is 4.04. The van der Waals surface area contributed by atoms with Gasteiger partial charge in [-0.05, 0) is 36.8 Å². The van der Waals surface area contributed by atoms with Gasteiger partial charge < -0.3 is 10.1 Å². The zero-order chi connectivity index (χ0) is 19.9. The molecule has 2 aromatic carbocycles. The van der Waals surface area contributed by atoms with E-state index in [2.05, 4.69) is 5.32 Å².